The predicted octanol–water partition coefficient (Wildman–Crippen LogP) is 1.63. The summed E-state index contributed by atoms with van der Waals surface area (Å²) >= 11 is 0. The maximum absolute atomic E-state index is 10.4. The van der Waals surface area contributed by atoms with Crippen LogP contribution >= 0.6 is 0 Å². The van der Waals surface area contributed by atoms with E-state index in [-0.39, 0.29) is 5.71 Å². The third-order valence-corrected chi connectivity index (χ3v) is 1.88. The lowest BCUT2D eigenvalue weighted by Gasteiger charge is -1.98. The minimum absolute atomic E-state index is 0.0580. The average Bonchev–Trinajstić information content (AvgIpc) is 2.21. The van der Waals surface area contributed by atoms with Gasteiger partial charge in [0, 0.05) is 5.56 Å². The van der Waals surface area contributed by atoms with Crippen molar-refractivity contribution in [1.82, 2.24) is 0 Å². The first kappa shape index (κ1) is 9.45. The maximum atomic E-state index is 10.4. The highest BCUT2D eigenvalue weighted by Gasteiger charge is 2.01. The molecule has 0 spiro atoms. The van der Waals surface area contributed by atoms with Gasteiger partial charge in [-0.15, -0.1) is 0 Å². The van der Waals surface area contributed by atoms with E-state index in [9.17, 15) is 4.79 Å². The number of aldehydes is 1. The lowest BCUT2D eigenvalue weighted by atomic mass is 10.1. The Labute approximate surface area is 76.7 Å². The van der Waals surface area contributed by atoms with Crippen molar-refractivity contribution in [3.8, 4) is 0 Å². The van der Waals surface area contributed by atoms with Gasteiger partial charge in [0.15, 0.2) is 6.29 Å². The van der Waals surface area contributed by atoms with Crippen LogP contribution in [0.1, 0.15) is 18.1 Å². The summed E-state index contributed by atoms with van der Waals surface area (Å²) in [6.45, 7) is 2.05. The zero-order valence-electron chi connectivity index (χ0n) is 7.40. The molecule has 0 heterocycles. The first-order valence-electron chi connectivity index (χ1n) is 4.08. The molecule has 0 unspecified atom stereocenters. The van der Waals surface area contributed by atoms with Crippen molar-refractivity contribution in [2.75, 3.05) is 0 Å². The quantitative estimate of drug-likeness (QED) is 0.330. The number of hydrogen-bond donors (Lipinski definition) is 1. The van der Waals surface area contributed by atoms with Crippen LogP contribution in [-0.2, 0) is 11.2 Å². The Morgan fingerprint density at radius 2 is 2.08 bits per heavy atom. The number of benzene rings is 1. The van der Waals surface area contributed by atoms with Crippen molar-refractivity contribution in [2.24, 2.45) is 5.16 Å². The van der Waals surface area contributed by atoms with Gasteiger partial charge in [-0.1, -0.05) is 36.3 Å². The molecule has 1 aromatic carbocycles. The van der Waals surface area contributed by atoms with Crippen molar-refractivity contribution in [3.63, 3.8) is 0 Å². The van der Waals surface area contributed by atoms with E-state index in [2.05, 4.69) is 12.1 Å². The number of carbonyl (C=O) groups excluding carboxylic acids is 1. The third kappa shape index (κ3) is 2.15. The second-order valence-electron chi connectivity index (χ2n) is 2.65. The minimum Gasteiger partial charge on any atom is -0.410 e. The molecule has 0 aliphatic heterocycles. The van der Waals surface area contributed by atoms with Crippen molar-refractivity contribution in [2.45, 2.75) is 13.3 Å². The van der Waals surface area contributed by atoms with Crippen LogP contribution in [-0.4, -0.2) is 17.2 Å². The zero-order chi connectivity index (χ0) is 9.68. The molecule has 1 aromatic rings. The van der Waals surface area contributed by atoms with Crippen LogP contribution < -0.4 is 0 Å². The van der Waals surface area contributed by atoms with Crippen molar-refractivity contribution >= 4 is 12.0 Å². The molecule has 0 radical (unpaired) electrons. The largest absolute Gasteiger partial charge is 0.410 e. The molecule has 0 fully saturated rings. The summed E-state index contributed by atoms with van der Waals surface area (Å²) in [6, 6.07) is 7.35. The molecule has 0 saturated carbocycles. The van der Waals surface area contributed by atoms with Gasteiger partial charge in [-0.05, 0) is 12.0 Å². The van der Waals surface area contributed by atoms with Gasteiger partial charge >= 0.3 is 0 Å². The number of oxime groups is 1. The minimum atomic E-state index is 0.0580. The smallest absolute Gasteiger partial charge is 0.172 e. The van der Waals surface area contributed by atoms with E-state index in [1.54, 1.807) is 12.1 Å². The summed E-state index contributed by atoms with van der Waals surface area (Å²) in [5.74, 6) is 0. The fourth-order valence-electron chi connectivity index (χ4n) is 1.06. The molecule has 0 amide bonds. The van der Waals surface area contributed by atoms with Crippen LogP contribution in [0.5, 0.6) is 0 Å². The van der Waals surface area contributed by atoms with Crippen LogP contribution in [0, 0.1) is 0 Å². The predicted molar refractivity (Wildman–Crippen MR) is 50.2 cm³/mol. The fourth-order valence-corrected chi connectivity index (χ4v) is 1.06. The number of aryl methyl sites for hydroxylation is 1. The first-order valence-corrected chi connectivity index (χ1v) is 4.08. The highest BCUT2D eigenvalue weighted by atomic mass is 16.4. The Morgan fingerprint density at radius 3 is 2.46 bits per heavy atom. The summed E-state index contributed by atoms with van der Waals surface area (Å²) in [5.41, 5.74) is 1.88. The van der Waals surface area contributed by atoms with Gasteiger partial charge in [0.2, 0.25) is 0 Å². The Hall–Kier alpha value is -1.64. The van der Waals surface area contributed by atoms with Crippen LogP contribution in [0.25, 0.3) is 0 Å². The first-order chi connectivity index (χ1) is 6.31. The van der Waals surface area contributed by atoms with Crippen molar-refractivity contribution in [3.05, 3.63) is 35.4 Å². The molecule has 1 N–H and O–H groups in total. The van der Waals surface area contributed by atoms with Crippen LogP contribution in [0.3, 0.4) is 0 Å². The van der Waals surface area contributed by atoms with Crippen LogP contribution in [0.4, 0.5) is 0 Å². The molecule has 13 heavy (non-hydrogen) atoms. The second kappa shape index (κ2) is 4.40. The number of nitrogens with zero attached hydrogens (tertiary/aromatic N) is 1. The molecule has 0 aromatic heterocycles. The van der Waals surface area contributed by atoms with E-state index in [0.29, 0.717) is 11.8 Å². The molecule has 0 saturated heterocycles. The molecule has 0 aliphatic rings. The molecule has 0 aliphatic carbocycles. The lowest BCUT2D eigenvalue weighted by Crippen LogP contribution is -2.01. The van der Waals surface area contributed by atoms with E-state index in [4.69, 9.17) is 5.21 Å². The highest BCUT2D eigenvalue weighted by Crippen LogP contribution is 2.05. The fraction of sp³-hybridized carbons (Fsp3) is 0.200. The van der Waals surface area contributed by atoms with Gasteiger partial charge in [-0.25, -0.2) is 0 Å². The van der Waals surface area contributed by atoms with E-state index in [1.807, 2.05) is 12.1 Å². The second-order valence-corrected chi connectivity index (χ2v) is 2.65. The third-order valence-electron chi connectivity index (χ3n) is 1.88. The normalized spacial score (nSPS) is 11.3. The van der Waals surface area contributed by atoms with E-state index >= 15 is 0 Å². The summed E-state index contributed by atoms with van der Waals surface area (Å²) < 4.78 is 0. The average molecular weight is 177 g/mol. The number of rotatable bonds is 3. The molecule has 1 rings (SSSR count). The summed E-state index contributed by atoms with van der Waals surface area (Å²) in [6.07, 6.45) is 1.48. The van der Waals surface area contributed by atoms with Gasteiger partial charge in [0.1, 0.15) is 5.71 Å². The molecular weight excluding hydrogens is 166 g/mol. The van der Waals surface area contributed by atoms with Gasteiger partial charge in [0.25, 0.3) is 0 Å². The zero-order valence-corrected chi connectivity index (χ0v) is 7.40. The number of carbonyl (C=O) groups is 1. The van der Waals surface area contributed by atoms with Crippen LogP contribution in [0.15, 0.2) is 29.4 Å². The summed E-state index contributed by atoms with van der Waals surface area (Å²) in [4.78, 5) is 10.4. The Bertz CT molecular complexity index is 314. The maximum Gasteiger partial charge on any atom is 0.172 e. The van der Waals surface area contributed by atoms with Crippen molar-refractivity contribution in [1.29, 1.82) is 0 Å². The monoisotopic (exact) mass is 177 g/mol. The SMILES string of the molecule is CCc1ccc(C(C=O)=NO)cc1. The molecule has 0 atom stereocenters. The molecular formula is C10H11NO2. The molecule has 3 nitrogen and oxygen atoms in total. The standard InChI is InChI=1S/C10H11NO2/c1-2-8-3-5-9(6-4-8)10(7-12)11-13/h3-7,13H,2H2,1H3. The van der Waals surface area contributed by atoms with Gasteiger partial charge in [-0.3, -0.25) is 4.79 Å². The Kier molecular flexibility index (Phi) is 3.20. The lowest BCUT2D eigenvalue weighted by molar-refractivity contribution is -0.102. The highest BCUT2D eigenvalue weighted by molar-refractivity contribution is 6.36. The van der Waals surface area contributed by atoms with E-state index < -0.39 is 0 Å². The van der Waals surface area contributed by atoms with Gasteiger partial charge in [0.05, 0.1) is 0 Å². The van der Waals surface area contributed by atoms with Gasteiger partial charge in [-0.2, -0.15) is 0 Å². The topological polar surface area (TPSA) is 49.7 Å². The number of hydrogen-bond acceptors (Lipinski definition) is 3. The summed E-state index contributed by atoms with van der Waals surface area (Å²) in [7, 11) is 0. The van der Waals surface area contributed by atoms with Crippen molar-refractivity contribution < 1.29 is 10.0 Å². The Morgan fingerprint density at radius 1 is 1.46 bits per heavy atom. The molecule has 68 valence electrons. The molecule has 0 bridgehead atoms. The summed E-state index contributed by atoms with van der Waals surface area (Å²) in [5, 5.41) is 11.3. The van der Waals surface area contributed by atoms with Gasteiger partial charge < -0.3 is 5.21 Å². The van der Waals surface area contributed by atoms with E-state index in [0.717, 1.165) is 6.42 Å². The molecule has 3 heteroatoms. The van der Waals surface area contributed by atoms with E-state index in [1.165, 1.54) is 5.56 Å². The van der Waals surface area contributed by atoms with Crippen LogP contribution in [0.2, 0.25) is 0 Å². The Balaban J connectivity index is 2.97.